The van der Waals surface area contributed by atoms with E-state index in [4.69, 9.17) is 9.84 Å². The van der Waals surface area contributed by atoms with Crippen LogP contribution in [-0.4, -0.2) is 27.7 Å². The van der Waals surface area contributed by atoms with E-state index in [-0.39, 0.29) is 5.69 Å². The second kappa shape index (κ2) is 3.53. The molecule has 2 aromatic heterocycles. The van der Waals surface area contributed by atoms with Crippen LogP contribution in [0.25, 0.3) is 21.9 Å². The molecule has 1 aromatic carbocycles. The molecule has 2 heterocycles. The van der Waals surface area contributed by atoms with E-state index in [9.17, 15) is 4.79 Å². The van der Waals surface area contributed by atoms with Gasteiger partial charge in [-0.25, -0.2) is 4.79 Å². The predicted molar refractivity (Wildman–Crippen MR) is 68.3 cm³/mol. The summed E-state index contributed by atoms with van der Waals surface area (Å²) in [5, 5.41) is 11.0. The topological polar surface area (TPSA) is 67.2 Å². The first-order chi connectivity index (χ1) is 8.61. The average molecular weight is 244 g/mol. The van der Waals surface area contributed by atoms with Crippen molar-refractivity contribution in [1.29, 1.82) is 0 Å². The number of H-pyrrole nitrogens is 1. The highest BCUT2D eigenvalue weighted by Crippen LogP contribution is 2.30. The Balaban J connectivity index is 2.40. The zero-order valence-corrected chi connectivity index (χ0v) is 10.0. The maximum absolute atomic E-state index is 11.1. The quantitative estimate of drug-likeness (QED) is 0.727. The van der Waals surface area contributed by atoms with E-state index in [1.807, 2.05) is 18.2 Å². The van der Waals surface area contributed by atoms with Gasteiger partial charge in [0.1, 0.15) is 17.1 Å². The number of hydrogen-bond acceptors (Lipinski definition) is 2. The lowest BCUT2D eigenvalue weighted by Gasteiger charge is -1.99. The number of hydrogen-bond donors (Lipinski definition) is 2. The van der Waals surface area contributed by atoms with Gasteiger partial charge < -0.3 is 19.4 Å². The number of nitrogens with one attached hydrogen (secondary N) is 1. The third kappa shape index (κ3) is 1.30. The minimum absolute atomic E-state index is 0.265. The molecular weight excluding hydrogens is 232 g/mol. The molecule has 92 valence electrons. The summed E-state index contributed by atoms with van der Waals surface area (Å²) < 4.78 is 6.83. The van der Waals surface area contributed by atoms with Crippen LogP contribution in [0.1, 0.15) is 10.5 Å². The van der Waals surface area contributed by atoms with Gasteiger partial charge in [-0.2, -0.15) is 0 Å². The largest absolute Gasteiger partial charge is 0.497 e. The number of carboxylic acids is 1. The summed E-state index contributed by atoms with van der Waals surface area (Å²) in [5.41, 5.74) is 2.03. The Hall–Kier alpha value is -2.43. The van der Waals surface area contributed by atoms with Gasteiger partial charge in [0.25, 0.3) is 0 Å². The highest BCUT2D eigenvalue weighted by atomic mass is 16.5. The predicted octanol–water partition coefficient (Wildman–Crippen LogP) is 2.37. The van der Waals surface area contributed by atoms with Crippen LogP contribution in [0.5, 0.6) is 5.75 Å². The van der Waals surface area contributed by atoms with Crippen LogP contribution >= 0.6 is 0 Å². The highest BCUT2D eigenvalue weighted by molar-refractivity contribution is 6.09. The molecule has 0 amide bonds. The first kappa shape index (κ1) is 10.7. The molecule has 0 saturated carbocycles. The number of fused-ring (bicyclic) bond motifs is 3. The zero-order chi connectivity index (χ0) is 12.9. The lowest BCUT2D eigenvalue weighted by molar-refractivity contribution is 0.0687. The van der Waals surface area contributed by atoms with Gasteiger partial charge >= 0.3 is 5.97 Å². The molecular formula is C13H12N2O3. The minimum Gasteiger partial charge on any atom is -0.497 e. The van der Waals surface area contributed by atoms with Crippen LogP contribution in [0.3, 0.4) is 0 Å². The molecule has 5 heteroatoms. The summed E-state index contributed by atoms with van der Waals surface area (Å²) in [6.45, 7) is 0. The van der Waals surface area contributed by atoms with Crippen molar-refractivity contribution < 1.29 is 14.6 Å². The van der Waals surface area contributed by atoms with Gasteiger partial charge in [0, 0.05) is 23.3 Å². The van der Waals surface area contributed by atoms with Gasteiger partial charge in [0.2, 0.25) is 0 Å². The molecule has 0 atom stereocenters. The van der Waals surface area contributed by atoms with Gasteiger partial charge in [0.15, 0.2) is 0 Å². The number of benzene rings is 1. The van der Waals surface area contributed by atoms with E-state index >= 15 is 0 Å². The van der Waals surface area contributed by atoms with Crippen molar-refractivity contribution in [2.45, 2.75) is 0 Å². The van der Waals surface area contributed by atoms with Crippen molar-refractivity contribution >= 4 is 27.9 Å². The van der Waals surface area contributed by atoms with E-state index in [1.165, 1.54) is 0 Å². The van der Waals surface area contributed by atoms with Crippen molar-refractivity contribution in [3.63, 3.8) is 0 Å². The smallest absolute Gasteiger partial charge is 0.352 e. The van der Waals surface area contributed by atoms with Crippen molar-refractivity contribution in [3.8, 4) is 5.75 Å². The Morgan fingerprint density at radius 2 is 2.11 bits per heavy atom. The summed E-state index contributed by atoms with van der Waals surface area (Å²) in [6, 6.07) is 7.38. The lowest BCUT2D eigenvalue weighted by Crippen LogP contribution is -2.03. The van der Waals surface area contributed by atoms with Crippen LogP contribution in [0.2, 0.25) is 0 Å². The monoisotopic (exact) mass is 244 g/mol. The number of rotatable bonds is 2. The number of aromatic nitrogens is 2. The Labute approximate surface area is 103 Å². The highest BCUT2D eigenvalue weighted by Gasteiger charge is 2.16. The maximum Gasteiger partial charge on any atom is 0.352 e. The molecule has 0 aliphatic heterocycles. The molecule has 0 unspecified atom stereocenters. The lowest BCUT2D eigenvalue weighted by atomic mass is 10.2. The van der Waals surface area contributed by atoms with Gasteiger partial charge in [-0.1, -0.05) is 0 Å². The molecule has 5 nitrogen and oxygen atoms in total. The molecule has 0 radical (unpaired) electrons. The SMILES string of the molecule is COc1ccc2[nH]c3c(cc(C(=O)O)n3C)c2c1. The number of aromatic carboxylic acids is 1. The maximum atomic E-state index is 11.1. The van der Waals surface area contributed by atoms with Gasteiger partial charge in [-0.05, 0) is 24.3 Å². The number of carbonyl (C=O) groups is 1. The van der Waals surface area contributed by atoms with Gasteiger partial charge in [0.05, 0.1) is 7.11 Å². The molecule has 0 bridgehead atoms. The third-order valence-electron chi connectivity index (χ3n) is 3.22. The molecule has 2 N–H and O–H groups in total. The summed E-state index contributed by atoms with van der Waals surface area (Å²) in [7, 11) is 3.34. The van der Waals surface area contributed by atoms with Crippen LogP contribution in [0.15, 0.2) is 24.3 Å². The first-order valence-electron chi connectivity index (χ1n) is 5.50. The molecule has 3 rings (SSSR count). The van der Waals surface area contributed by atoms with Crippen molar-refractivity contribution in [3.05, 3.63) is 30.0 Å². The van der Waals surface area contributed by atoms with E-state index in [1.54, 1.807) is 24.8 Å². The third-order valence-corrected chi connectivity index (χ3v) is 3.22. The van der Waals surface area contributed by atoms with Crippen molar-refractivity contribution in [1.82, 2.24) is 9.55 Å². The van der Waals surface area contributed by atoms with Crippen LogP contribution in [0, 0.1) is 0 Å². The summed E-state index contributed by atoms with van der Waals surface area (Å²) in [5.74, 6) is -0.178. The second-order valence-electron chi connectivity index (χ2n) is 4.19. The van der Waals surface area contributed by atoms with Gasteiger partial charge in [-0.3, -0.25) is 0 Å². The van der Waals surface area contributed by atoms with Crippen LogP contribution in [0.4, 0.5) is 0 Å². The van der Waals surface area contributed by atoms with E-state index in [2.05, 4.69) is 4.98 Å². The fraction of sp³-hybridized carbons (Fsp3) is 0.154. The molecule has 18 heavy (non-hydrogen) atoms. The second-order valence-corrected chi connectivity index (χ2v) is 4.19. The zero-order valence-electron chi connectivity index (χ0n) is 10.0. The minimum atomic E-state index is -0.932. The van der Waals surface area contributed by atoms with E-state index < -0.39 is 5.97 Å². The Bertz CT molecular complexity index is 767. The number of aryl methyl sites for hydroxylation is 1. The van der Waals surface area contributed by atoms with Crippen LogP contribution < -0.4 is 4.74 Å². The van der Waals surface area contributed by atoms with Gasteiger partial charge in [-0.15, -0.1) is 0 Å². The standard InChI is InChI=1S/C13H12N2O3/c1-15-11(13(16)17)6-9-8-5-7(18-2)3-4-10(8)14-12(9)15/h3-6,14H,1-2H3,(H,16,17). The molecule has 0 spiro atoms. The summed E-state index contributed by atoms with van der Waals surface area (Å²) in [6.07, 6.45) is 0. The number of carboxylic acid groups (broad SMARTS) is 1. The number of aromatic amines is 1. The van der Waals surface area contributed by atoms with Crippen LogP contribution in [-0.2, 0) is 7.05 Å². The summed E-state index contributed by atoms with van der Waals surface area (Å²) in [4.78, 5) is 14.3. The fourth-order valence-corrected chi connectivity index (χ4v) is 2.27. The van der Waals surface area contributed by atoms with Crippen molar-refractivity contribution in [2.24, 2.45) is 7.05 Å². The normalized spacial score (nSPS) is 11.2. The molecule has 0 fully saturated rings. The Morgan fingerprint density at radius 1 is 1.33 bits per heavy atom. The van der Waals surface area contributed by atoms with Crippen molar-refractivity contribution in [2.75, 3.05) is 7.11 Å². The average Bonchev–Trinajstić information content (AvgIpc) is 2.86. The molecule has 0 aliphatic rings. The number of ether oxygens (including phenoxy) is 1. The summed E-state index contributed by atoms with van der Waals surface area (Å²) >= 11 is 0. The molecule has 0 aliphatic carbocycles. The Morgan fingerprint density at radius 3 is 2.78 bits per heavy atom. The number of nitrogens with zero attached hydrogens (tertiary/aromatic N) is 1. The fourth-order valence-electron chi connectivity index (χ4n) is 2.27. The Kier molecular flexibility index (Phi) is 2.10. The first-order valence-corrected chi connectivity index (χ1v) is 5.50. The number of methoxy groups -OCH3 is 1. The van der Waals surface area contributed by atoms with E-state index in [0.717, 1.165) is 27.7 Å². The molecule has 3 aromatic rings. The van der Waals surface area contributed by atoms with E-state index in [0.29, 0.717) is 0 Å². The molecule has 0 saturated heterocycles.